The monoisotopic (exact) mass is 722 g/mol. The van der Waals surface area contributed by atoms with Gasteiger partial charge in [-0.05, 0) is 64.5 Å². The molecule has 3 rings (SSSR count). The molecule has 0 spiro atoms. The minimum atomic E-state index is -6.89. The SMILES string of the molecule is CN(C(=O)c1cccc(F)c1)c1cccc(C(=O)N(Br)c2ccc(C(F)(C(F)(F)F)C(F)(F)C(F)(F)F)cc2Br)c1. The first-order valence-corrected chi connectivity index (χ1v) is 12.4. The van der Waals surface area contributed by atoms with Gasteiger partial charge < -0.3 is 4.90 Å². The number of benzene rings is 3. The molecule has 220 valence electrons. The Labute approximate surface area is 242 Å². The van der Waals surface area contributed by atoms with Crippen LogP contribution in [0.15, 0.2) is 71.2 Å². The summed E-state index contributed by atoms with van der Waals surface area (Å²) in [6.45, 7) is 0. The smallest absolute Gasteiger partial charge is 0.311 e. The molecule has 0 aliphatic carbocycles. The summed E-state index contributed by atoms with van der Waals surface area (Å²) < 4.78 is 134. The summed E-state index contributed by atoms with van der Waals surface area (Å²) in [6, 6.07) is 10.7. The first-order valence-electron chi connectivity index (χ1n) is 10.9. The third-order valence-corrected chi connectivity index (χ3v) is 7.11. The lowest BCUT2D eigenvalue weighted by atomic mass is 9.87. The van der Waals surface area contributed by atoms with E-state index in [1.807, 2.05) is 0 Å². The van der Waals surface area contributed by atoms with Gasteiger partial charge in [0.25, 0.3) is 11.8 Å². The van der Waals surface area contributed by atoms with Gasteiger partial charge >= 0.3 is 23.9 Å². The molecule has 1 atom stereocenters. The molecule has 0 fully saturated rings. The summed E-state index contributed by atoms with van der Waals surface area (Å²) in [4.78, 5) is 26.9. The number of anilines is 2. The summed E-state index contributed by atoms with van der Waals surface area (Å²) in [5, 5.41) is 0. The third-order valence-electron chi connectivity index (χ3n) is 5.77. The molecule has 41 heavy (non-hydrogen) atoms. The van der Waals surface area contributed by atoms with Crippen LogP contribution >= 0.6 is 32.1 Å². The van der Waals surface area contributed by atoms with Gasteiger partial charge in [0.1, 0.15) is 5.82 Å². The van der Waals surface area contributed by atoms with E-state index in [-0.39, 0.29) is 28.9 Å². The molecule has 2 amide bonds. The Kier molecular flexibility index (Phi) is 8.90. The molecule has 1 unspecified atom stereocenters. The van der Waals surface area contributed by atoms with Gasteiger partial charge in [-0.2, -0.15) is 35.1 Å². The molecule has 0 radical (unpaired) electrons. The molecule has 3 aromatic carbocycles. The predicted molar refractivity (Wildman–Crippen MR) is 135 cm³/mol. The minimum Gasteiger partial charge on any atom is -0.311 e. The van der Waals surface area contributed by atoms with Crippen LogP contribution in [-0.2, 0) is 5.67 Å². The van der Waals surface area contributed by atoms with Gasteiger partial charge in [0.05, 0.1) is 21.8 Å². The number of hydrogen-bond donors (Lipinski definition) is 0. The van der Waals surface area contributed by atoms with Crippen molar-refractivity contribution >= 4 is 55.3 Å². The Hall–Kier alpha value is -3.14. The number of rotatable bonds is 6. The number of carbonyl (C=O) groups is 2. The normalized spacial score (nSPS) is 13.9. The highest BCUT2D eigenvalue weighted by Crippen LogP contribution is 2.58. The van der Waals surface area contributed by atoms with Gasteiger partial charge in [0.2, 0.25) is 0 Å². The molecule has 0 saturated carbocycles. The molecule has 0 saturated heterocycles. The van der Waals surface area contributed by atoms with Gasteiger partial charge in [0, 0.05) is 33.9 Å². The molecule has 0 N–H and O–H groups in total. The standard InChI is InChI=1S/C25H14Br2F10N2O2/c1-38(20(40)13-4-2-6-16(28)10-13)17-7-3-5-14(11-17)21(41)39(27)19-9-8-15(12-18(19)26)22(29,24(32,33)34)23(30,31)25(35,36)37/h2-12H,1H3. The lowest BCUT2D eigenvalue weighted by molar-refractivity contribution is -0.389. The molecule has 3 aromatic rings. The topological polar surface area (TPSA) is 40.6 Å². The number of amides is 2. The second kappa shape index (κ2) is 11.3. The van der Waals surface area contributed by atoms with E-state index in [2.05, 4.69) is 32.1 Å². The minimum absolute atomic E-state index is 0.00531. The molecule has 0 aromatic heterocycles. The second-order valence-corrected chi connectivity index (χ2v) is 9.97. The predicted octanol–water partition coefficient (Wildman–Crippen LogP) is 8.75. The maximum Gasteiger partial charge on any atom is 0.457 e. The fourth-order valence-electron chi connectivity index (χ4n) is 3.60. The van der Waals surface area contributed by atoms with E-state index >= 15 is 0 Å². The Morgan fingerprint density at radius 2 is 1.29 bits per heavy atom. The molecule has 0 aliphatic rings. The lowest BCUT2D eigenvalue weighted by Gasteiger charge is -2.36. The van der Waals surface area contributed by atoms with Crippen molar-refractivity contribution in [1.29, 1.82) is 0 Å². The van der Waals surface area contributed by atoms with Gasteiger partial charge in [0.15, 0.2) is 0 Å². The summed E-state index contributed by atoms with van der Waals surface area (Å²) in [7, 11) is 1.33. The second-order valence-electron chi connectivity index (χ2n) is 8.41. The van der Waals surface area contributed by atoms with Crippen LogP contribution < -0.4 is 8.83 Å². The van der Waals surface area contributed by atoms with E-state index in [0.717, 1.165) is 17.0 Å². The van der Waals surface area contributed by atoms with E-state index < -0.39 is 57.3 Å². The van der Waals surface area contributed by atoms with E-state index in [9.17, 15) is 53.5 Å². The largest absolute Gasteiger partial charge is 0.457 e. The van der Waals surface area contributed by atoms with Crippen LogP contribution in [-0.4, -0.2) is 37.1 Å². The molecule has 0 bridgehead atoms. The highest BCUT2D eigenvalue weighted by molar-refractivity contribution is 9.11. The van der Waals surface area contributed by atoms with Crippen molar-refractivity contribution in [2.24, 2.45) is 0 Å². The van der Waals surface area contributed by atoms with Gasteiger partial charge in [-0.3, -0.25) is 9.59 Å². The van der Waals surface area contributed by atoms with Crippen molar-refractivity contribution in [3.8, 4) is 0 Å². The number of halogens is 12. The maximum absolute atomic E-state index is 14.8. The first kappa shape index (κ1) is 32.4. The number of carbonyl (C=O) groups excluding carboxylic acids is 2. The molecule has 16 heteroatoms. The van der Waals surface area contributed by atoms with Crippen LogP contribution in [0.25, 0.3) is 0 Å². The summed E-state index contributed by atoms with van der Waals surface area (Å²) >= 11 is 5.53. The fourth-order valence-corrected chi connectivity index (χ4v) is 4.91. The van der Waals surface area contributed by atoms with Crippen LogP contribution in [0.1, 0.15) is 26.3 Å². The van der Waals surface area contributed by atoms with Gasteiger partial charge in [-0.25, -0.2) is 12.7 Å². The first-order chi connectivity index (χ1) is 18.7. The van der Waals surface area contributed by atoms with E-state index in [1.165, 1.54) is 43.4 Å². The average Bonchev–Trinajstić information content (AvgIpc) is 2.89. The Morgan fingerprint density at radius 3 is 1.80 bits per heavy atom. The fraction of sp³-hybridized carbons (Fsp3) is 0.200. The van der Waals surface area contributed by atoms with Crippen LogP contribution in [0.5, 0.6) is 0 Å². The van der Waals surface area contributed by atoms with Crippen molar-refractivity contribution in [2.45, 2.75) is 23.9 Å². The average molecular weight is 724 g/mol. The number of nitrogens with zero attached hydrogens (tertiary/aromatic N) is 2. The summed E-state index contributed by atoms with van der Waals surface area (Å²) in [5.74, 6) is -9.10. The molecular formula is C25H14Br2F10N2O2. The summed E-state index contributed by atoms with van der Waals surface area (Å²) in [6.07, 6.45) is -13.6. The Morgan fingerprint density at radius 1 is 0.732 bits per heavy atom. The van der Waals surface area contributed by atoms with E-state index in [4.69, 9.17) is 0 Å². The highest BCUT2D eigenvalue weighted by Gasteiger charge is 2.81. The highest BCUT2D eigenvalue weighted by atomic mass is 79.9. The van der Waals surface area contributed by atoms with Crippen molar-refractivity contribution in [2.75, 3.05) is 15.9 Å². The van der Waals surface area contributed by atoms with Crippen molar-refractivity contribution in [3.63, 3.8) is 0 Å². The quantitative estimate of drug-likeness (QED) is 0.189. The summed E-state index contributed by atoms with van der Waals surface area (Å²) in [5.41, 5.74) is -8.61. The van der Waals surface area contributed by atoms with E-state index in [1.54, 1.807) is 0 Å². The maximum atomic E-state index is 14.8. The zero-order valence-corrected chi connectivity index (χ0v) is 23.3. The van der Waals surface area contributed by atoms with Gasteiger partial charge in [-0.1, -0.05) is 18.2 Å². The third kappa shape index (κ3) is 5.94. The van der Waals surface area contributed by atoms with Crippen molar-refractivity contribution in [3.05, 3.63) is 93.7 Å². The van der Waals surface area contributed by atoms with Crippen LogP contribution in [0.3, 0.4) is 0 Å². The molecule has 4 nitrogen and oxygen atoms in total. The van der Waals surface area contributed by atoms with Gasteiger partial charge in [-0.15, -0.1) is 0 Å². The molecule has 0 aliphatic heterocycles. The van der Waals surface area contributed by atoms with Crippen LogP contribution in [0.4, 0.5) is 55.3 Å². The molecular weight excluding hydrogens is 710 g/mol. The van der Waals surface area contributed by atoms with E-state index in [0.29, 0.717) is 9.99 Å². The van der Waals surface area contributed by atoms with Crippen molar-refractivity contribution in [1.82, 2.24) is 0 Å². The zero-order chi connectivity index (χ0) is 31.1. The van der Waals surface area contributed by atoms with Crippen LogP contribution in [0.2, 0.25) is 0 Å². The lowest BCUT2D eigenvalue weighted by Crippen LogP contribution is -2.59. The Bertz CT molecular complexity index is 1480. The van der Waals surface area contributed by atoms with Crippen molar-refractivity contribution < 1.29 is 53.5 Å². The molecule has 0 heterocycles. The zero-order valence-electron chi connectivity index (χ0n) is 20.1. The number of hydrogen-bond acceptors (Lipinski definition) is 2. The number of alkyl halides is 9. The Balaban J connectivity index is 1.95. The van der Waals surface area contributed by atoms with Crippen LogP contribution in [0, 0.1) is 5.82 Å².